The molecule has 0 spiro atoms. The fraction of sp³-hybridized carbons (Fsp3) is 0.450. The summed E-state index contributed by atoms with van der Waals surface area (Å²) in [7, 11) is 1.70. The van der Waals surface area contributed by atoms with Crippen LogP contribution in [0.1, 0.15) is 38.2 Å². The molecule has 2 rings (SSSR count). The molecule has 8 nitrogen and oxygen atoms in total. The zero-order valence-electron chi connectivity index (χ0n) is 16.7. The van der Waals surface area contributed by atoms with Crippen molar-refractivity contribution in [3.05, 3.63) is 41.2 Å². The van der Waals surface area contributed by atoms with Crippen molar-refractivity contribution >= 4 is 23.3 Å². The molecule has 0 aromatic heterocycles. The molecule has 1 aromatic rings. The van der Waals surface area contributed by atoms with E-state index in [1.807, 2.05) is 31.2 Å². The molecule has 1 aromatic carbocycles. The average molecular weight is 388 g/mol. The minimum absolute atomic E-state index is 0.123. The van der Waals surface area contributed by atoms with Crippen LogP contribution in [0.2, 0.25) is 0 Å². The number of carbonyl (C=O) groups is 2. The van der Waals surface area contributed by atoms with Crippen LogP contribution in [0.25, 0.3) is 0 Å². The van der Waals surface area contributed by atoms with Crippen LogP contribution in [0, 0.1) is 18.8 Å². The van der Waals surface area contributed by atoms with Crippen molar-refractivity contribution in [3.8, 4) is 0 Å². The molecule has 0 unspecified atom stereocenters. The number of nitrogens with zero attached hydrogens (tertiary/aromatic N) is 1. The Morgan fingerprint density at radius 3 is 2.46 bits per heavy atom. The SMILES string of the molecule is CN/C(C)=C(/NC(=O)[C@@H]1CCC[C@H](/C(N)=N/O)C1)C(=O)[NH2+]c1ccc(C)cc1. The first-order chi connectivity index (χ1) is 13.3. The molecule has 152 valence electrons. The van der Waals surface area contributed by atoms with Gasteiger partial charge in [0.25, 0.3) is 0 Å². The number of quaternary nitrogens is 1. The molecule has 7 N–H and O–H groups in total. The molecular formula is C20H30N5O3+. The molecule has 1 saturated carbocycles. The maximum absolute atomic E-state index is 12.8. The van der Waals surface area contributed by atoms with Crippen LogP contribution in [0.15, 0.2) is 40.8 Å². The van der Waals surface area contributed by atoms with E-state index in [1.54, 1.807) is 14.0 Å². The van der Waals surface area contributed by atoms with Gasteiger partial charge in [0.05, 0.1) is 0 Å². The van der Waals surface area contributed by atoms with E-state index < -0.39 is 0 Å². The average Bonchev–Trinajstić information content (AvgIpc) is 2.72. The molecule has 1 fully saturated rings. The summed E-state index contributed by atoms with van der Waals surface area (Å²) in [6.45, 7) is 3.73. The minimum atomic E-state index is -0.286. The van der Waals surface area contributed by atoms with E-state index in [0.29, 0.717) is 18.5 Å². The van der Waals surface area contributed by atoms with Crippen molar-refractivity contribution in [2.24, 2.45) is 22.7 Å². The number of hydrogen-bond acceptors (Lipinski definition) is 5. The zero-order valence-corrected chi connectivity index (χ0v) is 16.7. The number of rotatable bonds is 6. The highest BCUT2D eigenvalue weighted by molar-refractivity contribution is 5.94. The van der Waals surface area contributed by atoms with Crippen molar-refractivity contribution < 1.29 is 20.1 Å². The normalized spacial score (nSPS) is 20.9. The second kappa shape index (κ2) is 9.89. The van der Waals surface area contributed by atoms with Gasteiger partial charge in [-0.2, -0.15) is 0 Å². The molecule has 0 bridgehead atoms. The first kappa shape index (κ1) is 21.4. The Morgan fingerprint density at radius 2 is 1.86 bits per heavy atom. The Balaban J connectivity index is 2.10. The van der Waals surface area contributed by atoms with E-state index in [-0.39, 0.29) is 35.2 Å². The molecule has 1 aliphatic carbocycles. The zero-order chi connectivity index (χ0) is 20.7. The van der Waals surface area contributed by atoms with Gasteiger partial charge in [0.15, 0.2) is 5.70 Å². The number of amidine groups is 1. The highest BCUT2D eigenvalue weighted by atomic mass is 16.4. The summed E-state index contributed by atoms with van der Waals surface area (Å²) in [4.78, 5) is 25.6. The Kier molecular flexibility index (Phi) is 7.57. The van der Waals surface area contributed by atoms with E-state index in [9.17, 15) is 9.59 Å². The van der Waals surface area contributed by atoms with Crippen LogP contribution in [-0.4, -0.2) is 29.9 Å². The summed E-state index contributed by atoms with van der Waals surface area (Å²) in [5, 5.41) is 19.2. The van der Waals surface area contributed by atoms with E-state index in [0.717, 1.165) is 24.1 Å². The molecule has 1 aliphatic rings. The third kappa shape index (κ3) is 5.56. The number of nitrogens with two attached hydrogens (primary N) is 2. The Bertz CT molecular complexity index is 771. The number of hydrogen-bond donors (Lipinski definition) is 5. The number of aryl methyl sites for hydroxylation is 1. The van der Waals surface area contributed by atoms with Crippen LogP contribution in [0.3, 0.4) is 0 Å². The summed E-state index contributed by atoms with van der Waals surface area (Å²) < 4.78 is 0. The maximum atomic E-state index is 12.8. The van der Waals surface area contributed by atoms with Crippen LogP contribution >= 0.6 is 0 Å². The molecule has 0 heterocycles. The molecule has 2 atom stereocenters. The second-order valence-corrected chi connectivity index (χ2v) is 7.24. The smallest absolute Gasteiger partial charge is 0.365 e. The van der Waals surface area contributed by atoms with Crippen molar-refractivity contribution in [1.82, 2.24) is 10.6 Å². The third-order valence-corrected chi connectivity index (χ3v) is 5.20. The van der Waals surface area contributed by atoms with E-state index >= 15 is 0 Å². The Hall–Kier alpha value is -2.87. The van der Waals surface area contributed by atoms with Gasteiger partial charge < -0.3 is 21.6 Å². The fourth-order valence-corrected chi connectivity index (χ4v) is 3.35. The first-order valence-corrected chi connectivity index (χ1v) is 9.48. The summed E-state index contributed by atoms with van der Waals surface area (Å²) >= 11 is 0. The van der Waals surface area contributed by atoms with Crippen molar-refractivity contribution in [2.75, 3.05) is 7.05 Å². The number of primary amides is 1. The van der Waals surface area contributed by atoms with Crippen molar-refractivity contribution in [1.29, 1.82) is 0 Å². The van der Waals surface area contributed by atoms with Crippen LogP contribution in [0.4, 0.5) is 5.69 Å². The minimum Gasteiger partial charge on any atom is -0.409 e. The molecular weight excluding hydrogens is 358 g/mol. The maximum Gasteiger partial charge on any atom is 0.365 e. The van der Waals surface area contributed by atoms with Gasteiger partial charge in [-0.05, 0) is 45.2 Å². The Morgan fingerprint density at radius 1 is 1.21 bits per heavy atom. The van der Waals surface area contributed by atoms with E-state index in [1.165, 1.54) is 5.32 Å². The van der Waals surface area contributed by atoms with Gasteiger partial charge in [0.2, 0.25) is 5.91 Å². The molecule has 0 aliphatic heterocycles. The lowest BCUT2D eigenvalue weighted by Crippen LogP contribution is -2.83. The summed E-state index contributed by atoms with van der Waals surface area (Å²) in [5.41, 5.74) is 8.42. The van der Waals surface area contributed by atoms with Crippen molar-refractivity contribution in [3.63, 3.8) is 0 Å². The third-order valence-electron chi connectivity index (χ3n) is 5.20. The van der Waals surface area contributed by atoms with Crippen LogP contribution in [0.5, 0.6) is 0 Å². The fourth-order valence-electron chi connectivity index (χ4n) is 3.35. The Labute approximate surface area is 165 Å². The van der Waals surface area contributed by atoms with E-state index in [2.05, 4.69) is 15.8 Å². The molecule has 8 heteroatoms. The molecule has 2 amide bonds. The standard InChI is InChI=1S/C20H29N5O3/c1-12-7-9-16(10-8-12)23-20(27)17(13(2)22-3)24-19(26)15-6-4-5-14(11-15)18(21)25-28/h7-10,14-15,22,28H,4-6,11H2,1-3H3,(H2,21,25)(H,23,27)(H,24,26)/p+1/b17-13+/t14-,15+/m0/s1. The van der Waals surface area contributed by atoms with Gasteiger partial charge in [-0.15, -0.1) is 0 Å². The van der Waals surface area contributed by atoms with Gasteiger partial charge in [0, 0.05) is 24.6 Å². The highest BCUT2D eigenvalue weighted by Gasteiger charge is 2.31. The monoisotopic (exact) mass is 388 g/mol. The lowest BCUT2D eigenvalue weighted by Gasteiger charge is -2.27. The predicted molar refractivity (Wildman–Crippen MR) is 107 cm³/mol. The first-order valence-electron chi connectivity index (χ1n) is 9.48. The van der Waals surface area contributed by atoms with Crippen LogP contribution < -0.4 is 21.7 Å². The van der Waals surface area contributed by atoms with Gasteiger partial charge in [0.1, 0.15) is 11.5 Å². The van der Waals surface area contributed by atoms with Gasteiger partial charge in [-0.3, -0.25) is 4.79 Å². The number of allylic oxidation sites excluding steroid dienone is 1. The topological polar surface area (TPSA) is 133 Å². The number of amides is 2. The van der Waals surface area contributed by atoms with Gasteiger partial charge >= 0.3 is 5.91 Å². The number of carbonyl (C=O) groups excluding carboxylic acids is 2. The molecule has 28 heavy (non-hydrogen) atoms. The van der Waals surface area contributed by atoms with Gasteiger partial charge in [-0.1, -0.05) is 29.3 Å². The van der Waals surface area contributed by atoms with Crippen LogP contribution in [-0.2, 0) is 9.59 Å². The lowest BCUT2D eigenvalue weighted by atomic mass is 9.80. The number of oxime groups is 1. The molecule has 0 saturated heterocycles. The summed E-state index contributed by atoms with van der Waals surface area (Å²) in [6.07, 6.45) is 2.82. The number of nitrogens with one attached hydrogen (secondary N) is 2. The quantitative estimate of drug-likeness (QED) is 0.123. The number of benzene rings is 1. The highest BCUT2D eigenvalue weighted by Crippen LogP contribution is 2.29. The van der Waals surface area contributed by atoms with E-state index in [4.69, 9.17) is 10.9 Å². The largest absolute Gasteiger partial charge is 0.409 e. The lowest BCUT2D eigenvalue weighted by molar-refractivity contribution is -0.479. The second-order valence-electron chi connectivity index (χ2n) is 7.24. The predicted octanol–water partition coefficient (Wildman–Crippen LogP) is 0.836. The van der Waals surface area contributed by atoms with Gasteiger partial charge in [-0.25, -0.2) is 10.1 Å². The van der Waals surface area contributed by atoms with Crippen molar-refractivity contribution in [2.45, 2.75) is 39.5 Å². The molecule has 0 radical (unpaired) electrons. The summed E-state index contributed by atoms with van der Waals surface area (Å²) in [5.74, 6) is -0.741. The summed E-state index contributed by atoms with van der Waals surface area (Å²) in [6, 6.07) is 7.59.